The van der Waals surface area contributed by atoms with Crippen LogP contribution >= 0.6 is 12.4 Å². The highest BCUT2D eigenvalue weighted by Gasteiger charge is 2.11. The SMILES string of the molecule is Cl.O=C(O)C=Cc1cnc2c(c1)CNC(=O)CCN2. The van der Waals surface area contributed by atoms with E-state index in [4.69, 9.17) is 5.11 Å². The van der Waals surface area contributed by atoms with Crippen LogP contribution in [-0.4, -0.2) is 28.5 Å². The lowest BCUT2D eigenvalue weighted by Crippen LogP contribution is -2.28. The quantitative estimate of drug-likeness (QED) is 0.705. The summed E-state index contributed by atoms with van der Waals surface area (Å²) >= 11 is 0. The standard InChI is InChI=1S/C12H13N3O3.ClH/c16-10-3-4-13-12-9(7-14-10)5-8(6-15-12)1-2-11(17)18;/h1-2,5-6H,3-4,7H2,(H,13,15)(H,14,16)(H,17,18);1H. The van der Waals surface area contributed by atoms with Crippen LogP contribution < -0.4 is 10.6 Å². The van der Waals surface area contributed by atoms with Gasteiger partial charge in [0.1, 0.15) is 5.82 Å². The molecule has 0 saturated heterocycles. The molecule has 0 aromatic carbocycles. The van der Waals surface area contributed by atoms with Crippen molar-refractivity contribution in [3.8, 4) is 0 Å². The zero-order chi connectivity index (χ0) is 13.0. The van der Waals surface area contributed by atoms with Gasteiger partial charge in [0.25, 0.3) is 0 Å². The Kier molecular flexibility index (Phi) is 5.32. The molecule has 2 rings (SSSR count). The summed E-state index contributed by atoms with van der Waals surface area (Å²) in [6.45, 7) is 0.930. The summed E-state index contributed by atoms with van der Waals surface area (Å²) in [5, 5.41) is 14.4. The summed E-state index contributed by atoms with van der Waals surface area (Å²) in [6, 6.07) is 1.81. The second-order valence-electron chi connectivity index (χ2n) is 3.90. The van der Waals surface area contributed by atoms with Crippen molar-refractivity contribution >= 4 is 36.2 Å². The van der Waals surface area contributed by atoms with Gasteiger partial charge >= 0.3 is 5.97 Å². The maximum Gasteiger partial charge on any atom is 0.328 e. The smallest absolute Gasteiger partial charge is 0.328 e. The second kappa shape index (κ2) is 6.75. The molecular weight excluding hydrogens is 270 g/mol. The molecule has 0 spiro atoms. The van der Waals surface area contributed by atoms with Crippen molar-refractivity contribution in [1.82, 2.24) is 10.3 Å². The molecule has 7 heteroatoms. The van der Waals surface area contributed by atoms with Gasteiger partial charge in [0.15, 0.2) is 0 Å². The number of halogens is 1. The van der Waals surface area contributed by atoms with E-state index in [1.165, 1.54) is 6.08 Å². The summed E-state index contributed by atoms with van der Waals surface area (Å²) in [5.41, 5.74) is 1.53. The molecule has 0 aliphatic carbocycles. The zero-order valence-corrected chi connectivity index (χ0v) is 10.9. The predicted octanol–water partition coefficient (Wildman–Crippen LogP) is 1.03. The van der Waals surface area contributed by atoms with Gasteiger partial charge in [0, 0.05) is 37.3 Å². The molecule has 0 bridgehead atoms. The molecule has 0 atom stereocenters. The number of rotatable bonds is 2. The molecule has 1 aromatic heterocycles. The first-order chi connectivity index (χ1) is 8.65. The van der Waals surface area contributed by atoms with Crippen LogP contribution in [-0.2, 0) is 16.1 Å². The molecule has 3 N–H and O–H groups in total. The summed E-state index contributed by atoms with van der Waals surface area (Å²) in [4.78, 5) is 25.9. The van der Waals surface area contributed by atoms with Gasteiger partial charge in [0.05, 0.1) is 0 Å². The Bertz CT molecular complexity index is 517. The summed E-state index contributed by atoms with van der Waals surface area (Å²) in [5.74, 6) is -0.296. The molecule has 102 valence electrons. The maximum atomic E-state index is 11.3. The lowest BCUT2D eigenvalue weighted by Gasteiger charge is -2.15. The van der Waals surface area contributed by atoms with Crippen molar-refractivity contribution in [2.75, 3.05) is 11.9 Å². The second-order valence-corrected chi connectivity index (χ2v) is 3.90. The lowest BCUT2D eigenvalue weighted by atomic mass is 10.1. The van der Waals surface area contributed by atoms with Crippen molar-refractivity contribution in [2.45, 2.75) is 13.0 Å². The van der Waals surface area contributed by atoms with Gasteiger partial charge in [-0.1, -0.05) is 0 Å². The summed E-state index contributed by atoms with van der Waals surface area (Å²) in [7, 11) is 0. The van der Waals surface area contributed by atoms with Gasteiger partial charge in [0.2, 0.25) is 5.91 Å². The number of hydrogen-bond donors (Lipinski definition) is 3. The first kappa shape index (κ1) is 15.0. The summed E-state index contributed by atoms with van der Waals surface area (Å²) in [6.07, 6.45) is 4.53. The van der Waals surface area contributed by atoms with Gasteiger partial charge in [-0.05, 0) is 17.7 Å². The molecule has 1 aliphatic rings. The first-order valence-corrected chi connectivity index (χ1v) is 5.55. The van der Waals surface area contributed by atoms with Gasteiger partial charge in [-0.2, -0.15) is 0 Å². The highest BCUT2D eigenvalue weighted by molar-refractivity contribution is 5.85. The van der Waals surface area contributed by atoms with Crippen LogP contribution in [0.15, 0.2) is 18.3 Å². The Morgan fingerprint density at radius 1 is 1.42 bits per heavy atom. The highest BCUT2D eigenvalue weighted by atomic mass is 35.5. The molecule has 2 heterocycles. The largest absolute Gasteiger partial charge is 0.478 e. The number of carbonyl (C=O) groups is 2. The van der Waals surface area contributed by atoms with Crippen molar-refractivity contribution in [1.29, 1.82) is 0 Å². The third-order valence-electron chi connectivity index (χ3n) is 2.53. The Labute approximate surface area is 116 Å². The fourth-order valence-electron chi connectivity index (χ4n) is 1.66. The molecule has 0 fully saturated rings. The molecule has 0 radical (unpaired) electrons. The van der Waals surface area contributed by atoms with E-state index in [-0.39, 0.29) is 18.3 Å². The predicted molar refractivity (Wildman–Crippen MR) is 73.1 cm³/mol. The monoisotopic (exact) mass is 283 g/mol. The molecule has 1 aromatic rings. The third kappa shape index (κ3) is 4.26. The lowest BCUT2D eigenvalue weighted by molar-refractivity contribution is -0.131. The number of nitrogens with zero attached hydrogens (tertiary/aromatic N) is 1. The van der Waals surface area contributed by atoms with E-state index >= 15 is 0 Å². The number of aliphatic carboxylic acids is 1. The molecule has 19 heavy (non-hydrogen) atoms. The molecule has 6 nitrogen and oxygen atoms in total. The fourth-order valence-corrected chi connectivity index (χ4v) is 1.66. The van der Waals surface area contributed by atoms with Crippen LogP contribution in [0.5, 0.6) is 0 Å². The van der Waals surface area contributed by atoms with E-state index in [2.05, 4.69) is 15.6 Å². The van der Waals surface area contributed by atoms with E-state index in [0.717, 1.165) is 17.5 Å². The van der Waals surface area contributed by atoms with Gasteiger partial charge in [-0.25, -0.2) is 9.78 Å². The van der Waals surface area contributed by atoms with Crippen LogP contribution in [0.4, 0.5) is 5.82 Å². The van der Waals surface area contributed by atoms with E-state index in [9.17, 15) is 9.59 Å². The normalized spacial score (nSPS) is 14.4. The van der Waals surface area contributed by atoms with E-state index in [0.29, 0.717) is 25.1 Å². The van der Waals surface area contributed by atoms with Crippen molar-refractivity contribution in [3.63, 3.8) is 0 Å². The van der Waals surface area contributed by atoms with Crippen LogP contribution in [0.1, 0.15) is 17.5 Å². The van der Waals surface area contributed by atoms with Crippen molar-refractivity contribution < 1.29 is 14.7 Å². The first-order valence-electron chi connectivity index (χ1n) is 5.55. The zero-order valence-electron chi connectivity index (χ0n) is 10.0. The number of amides is 1. The number of carboxylic acids is 1. The number of pyridine rings is 1. The minimum Gasteiger partial charge on any atom is -0.478 e. The average molecular weight is 284 g/mol. The van der Waals surface area contributed by atoms with E-state index < -0.39 is 5.97 Å². The summed E-state index contributed by atoms with van der Waals surface area (Å²) < 4.78 is 0. The number of fused-ring (bicyclic) bond motifs is 1. The molecular formula is C12H14ClN3O3. The van der Waals surface area contributed by atoms with Crippen molar-refractivity contribution in [2.24, 2.45) is 0 Å². The number of aromatic nitrogens is 1. The topological polar surface area (TPSA) is 91.3 Å². The Balaban J connectivity index is 0.00000180. The molecule has 0 unspecified atom stereocenters. The van der Waals surface area contributed by atoms with Crippen LogP contribution in [0.25, 0.3) is 6.08 Å². The van der Waals surface area contributed by atoms with E-state index in [1.807, 2.05) is 0 Å². The van der Waals surface area contributed by atoms with Gasteiger partial charge < -0.3 is 15.7 Å². The van der Waals surface area contributed by atoms with Crippen LogP contribution in [0.3, 0.4) is 0 Å². The Morgan fingerprint density at radius 3 is 2.95 bits per heavy atom. The Hall–Kier alpha value is -2.08. The minimum atomic E-state index is -1.01. The minimum absolute atomic E-state index is 0. The average Bonchev–Trinajstić information content (AvgIpc) is 2.33. The molecule has 1 amide bonds. The van der Waals surface area contributed by atoms with Gasteiger partial charge in [-0.3, -0.25) is 4.79 Å². The number of anilines is 1. The fraction of sp³-hybridized carbons (Fsp3) is 0.250. The third-order valence-corrected chi connectivity index (χ3v) is 2.53. The highest BCUT2D eigenvalue weighted by Crippen LogP contribution is 2.16. The van der Waals surface area contributed by atoms with Crippen LogP contribution in [0.2, 0.25) is 0 Å². The maximum absolute atomic E-state index is 11.3. The van der Waals surface area contributed by atoms with Gasteiger partial charge in [-0.15, -0.1) is 12.4 Å². The number of carboxylic acid groups (broad SMARTS) is 1. The Morgan fingerprint density at radius 2 is 2.21 bits per heavy atom. The number of hydrogen-bond acceptors (Lipinski definition) is 4. The number of carbonyl (C=O) groups excluding carboxylic acids is 1. The van der Waals surface area contributed by atoms with Crippen molar-refractivity contribution in [3.05, 3.63) is 29.5 Å². The molecule has 0 saturated carbocycles. The van der Waals surface area contributed by atoms with Crippen LogP contribution in [0, 0.1) is 0 Å². The van der Waals surface area contributed by atoms with E-state index in [1.54, 1.807) is 12.3 Å². The number of nitrogens with one attached hydrogen (secondary N) is 2. The molecule has 1 aliphatic heterocycles.